The zero-order valence-electron chi connectivity index (χ0n) is 31.1. The molecule has 0 saturated heterocycles. The predicted octanol–water partition coefficient (Wildman–Crippen LogP) is 15.2. The Hall–Kier alpha value is -7.62. The molecule has 3 nitrogen and oxygen atoms in total. The van der Waals surface area contributed by atoms with E-state index in [0.717, 1.165) is 72.2 Å². The molecule has 0 fully saturated rings. The molecule has 0 spiro atoms. The van der Waals surface area contributed by atoms with Crippen molar-refractivity contribution in [1.29, 1.82) is 0 Å². The lowest BCUT2D eigenvalue weighted by atomic mass is 9.93. The van der Waals surface area contributed by atoms with E-state index in [4.69, 9.17) is 4.42 Å². The van der Waals surface area contributed by atoms with Crippen LogP contribution >= 0.6 is 0 Å². The largest absolute Gasteiger partial charge is 0.454 e. The number of hydrogen-bond acceptors (Lipinski definition) is 2. The van der Waals surface area contributed by atoms with Crippen LogP contribution in [0.15, 0.2) is 223 Å². The van der Waals surface area contributed by atoms with Crippen molar-refractivity contribution in [2.75, 3.05) is 4.90 Å². The second-order valence-electron chi connectivity index (χ2n) is 14.4. The molecule has 0 bridgehead atoms. The number of rotatable bonds is 7. The maximum atomic E-state index is 6.80. The molecule has 0 saturated carbocycles. The molecule has 11 aromatic rings. The zero-order valence-corrected chi connectivity index (χ0v) is 31.1. The Bertz CT molecular complexity index is 3230. The van der Waals surface area contributed by atoms with Gasteiger partial charge in [-0.1, -0.05) is 176 Å². The third-order valence-corrected chi connectivity index (χ3v) is 11.2. The molecule has 0 atom stereocenters. The SMILES string of the molecule is c1ccc(-c2ccccc2N(c2cccc3c2oc2ccccc23)c2cccc3c2c2ccccc2n3-c2cccc(-c3ccccc3)c2-c2ccccc2)cc1. The van der Waals surface area contributed by atoms with E-state index in [1.54, 1.807) is 0 Å². The summed E-state index contributed by atoms with van der Waals surface area (Å²) in [6.45, 7) is 0. The molecule has 268 valence electrons. The van der Waals surface area contributed by atoms with Crippen LogP contribution in [-0.2, 0) is 0 Å². The first-order valence-electron chi connectivity index (χ1n) is 19.4. The van der Waals surface area contributed by atoms with Gasteiger partial charge in [0.05, 0.1) is 33.8 Å². The number of hydrogen-bond donors (Lipinski definition) is 0. The van der Waals surface area contributed by atoms with Crippen molar-refractivity contribution in [3.05, 3.63) is 218 Å². The Kier molecular flexibility index (Phi) is 7.82. The first-order valence-corrected chi connectivity index (χ1v) is 19.4. The lowest BCUT2D eigenvalue weighted by molar-refractivity contribution is 0.669. The van der Waals surface area contributed by atoms with Crippen LogP contribution in [0.4, 0.5) is 17.1 Å². The average Bonchev–Trinajstić information content (AvgIpc) is 3.84. The molecular formula is C54H36N2O. The van der Waals surface area contributed by atoms with Gasteiger partial charge in [-0.2, -0.15) is 0 Å². The summed E-state index contributed by atoms with van der Waals surface area (Å²) in [4.78, 5) is 2.42. The van der Waals surface area contributed by atoms with Gasteiger partial charge in [0.15, 0.2) is 5.58 Å². The smallest absolute Gasteiger partial charge is 0.159 e. The monoisotopic (exact) mass is 728 g/mol. The van der Waals surface area contributed by atoms with Crippen molar-refractivity contribution < 1.29 is 4.42 Å². The molecule has 57 heavy (non-hydrogen) atoms. The first-order chi connectivity index (χ1) is 28.3. The van der Waals surface area contributed by atoms with Crippen molar-refractivity contribution in [3.8, 4) is 39.1 Å². The first kappa shape index (κ1) is 32.8. The maximum absolute atomic E-state index is 6.80. The summed E-state index contributed by atoms with van der Waals surface area (Å²) in [6.07, 6.45) is 0. The fourth-order valence-electron chi connectivity index (χ4n) is 8.77. The van der Waals surface area contributed by atoms with Gasteiger partial charge in [-0.05, 0) is 64.7 Å². The van der Waals surface area contributed by atoms with Gasteiger partial charge in [0, 0.05) is 32.7 Å². The summed E-state index contributed by atoms with van der Waals surface area (Å²) >= 11 is 0. The fourth-order valence-corrected chi connectivity index (χ4v) is 8.77. The van der Waals surface area contributed by atoms with E-state index in [9.17, 15) is 0 Å². The molecule has 11 rings (SSSR count). The van der Waals surface area contributed by atoms with Crippen LogP contribution in [0.2, 0.25) is 0 Å². The number of nitrogens with zero attached hydrogens (tertiary/aromatic N) is 2. The topological polar surface area (TPSA) is 21.3 Å². The predicted molar refractivity (Wildman–Crippen MR) is 239 cm³/mol. The molecule has 9 aromatic carbocycles. The van der Waals surface area contributed by atoms with Gasteiger partial charge in [-0.15, -0.1) is 0 Å². The van der Waals surface area contributed by atoms with Crippen LogP contribution in [0, 0.1) is 0 Å². The Morgan fingerprint density at radius 2 is 0.877 bits per heavy atom. The highest BCUT2D eigenvalue weighted by Crippen LogP contribution is 2.50. The summed E-state index contributed by atoms with van der Waals surface area (Å²) in [5.41, 5.74) is 15.2. The Labute approximate surface area is 330 Å². The Balaban J connectivity index is 1.26. The van der Waals surface area contributed by atoms with E-state index in [-0.39, 0.29) is 0 Å². The molecule has 0 amide bonds. The number of aromatic nitrogens is 1. The minimum absolute atomic E-state index is 0.851. The Morgan fingerprint density at radius 3 is 1.67 bits per heavy atom. The molecule has 0 N–H and O–H groups in total. The van der Waals surface area contributed by atoms with Gasteiger partial charge in [-0.3, -0.25) is 0 Å². The number of anilines is 3. The van der Waals surface area contributed by atoms with Gasteiger partial charge in [-0.25, -0.2) is 0 Å². The highest BCUT2D eigenvalue weighted by Gasteiger charge is 2.26. The lowest BCUT2D eigenvalue weighted by Gasteiger charge is -2.28. The standard InChI is InChI=1S/C54H36N2O/c1-4-19-37(20-5-1)40-25-10-13-30-45(40)56(50-35-17-29-43-42-26-12-15-36-51(42)57-54(43)50)49-34-18-33-48-53(49)44-27-11-14-31-46(44)55(48)47-32-16-28-41(38-21-6-2-7-22-38)52(47)39-23-8-3-9-24-39/h1-36H. The minimum Gasteiger partial charge on any atom is -0.454 e. The second kappa shape index (κ2) is 13.6. The van der Waals surface area contributed by atoms with Crippen molar-refractivity contribution in [2.24, 2.45) is 0 Å². The summed E-state index contributed by atoms with van der Waals surface area (Å²) in [7, 11) is 0. The van der Waals surface area contributed by atoms with E-state index < -0.39 is 0 Å². The third kappa shape index (κ3) is 5.36. The third-order valence-electron chi connectivity index (χ3n) is 11.2. The van der Waals surface area contributed by atoms with Crippen LogP contribution < -0.4 is 4.90 Å². The number of fused-ring (bicyclic) bond motifs is 6. The number of benzene rings is 9. The quantitative estimate of drug-likeness (QED) is 0.163. The summed E-state index contributed by atoms with van der Waals surface area (Å²) in [6, 6.07) is 78.0. The van der Waals surface area contributed by atoms with Crippen molar-refractivity contribution in [2.45, 2.75) is 0 Å². The molecule has 0 unspecified atom stereocenters. The van der Waals surface area contributed by atoms with Gasteiger partial charge in [0.2, 0.25) is 0 Å². The van der Waals surface area contributed by atoms with Gasteiger partial charge in [0.25, 0.3) is 0 Å². The van der Waals surface area contributed by atoms with E-state index in [2.05, 4.69) is 222 Å². The average molecular weight is 729 g/mol. The number of furan rings is 1. The fraction of sp³-hybridized carbons (Fsp3) is 0. The molecular weight excluding hydrogens is 693 g/mol. The molecule has 0 aliphatic rings. The summed E-state index contributed by atoms with van der Waals surface area (Å²) in [5, 5.41) is 4.52. The molecule has 0 radical (unpaired) electrons. The molecule has 2 aromatic heterocycles. The Morgan fingerprint density at radius 1 is 0.351 bits per heavy atom. The van der Waals surface area contributed by atoms with Gasteiger partial charge < -0.3 is 13.9 Å². The zero-order chi connectivity index (χ0) is 37.7. The molecule has 0 aliphatic carbocycles. The van der Waals surface area contributed by atoms with Crippen LogP contribution in [0.1, 0.15) is 0 Å². The van der Waals surface area contributed by atoms with Crippen LogP contribution in [0.5, 0.6) is 0 Å². The van der Waals surface area contributed by atoms with Crippen LogP contribution in [0.25, 0.3) is 82.8 Å². The normalized spacial score (nSPS) is 11.5. The summed E-state index contributed by atoms with van der Waals surface area (Å²) in [5.74, 6) is 0. The maximum Gasteiger partial charge on any atom is 0.159 e. The summed E-state index contributed by atoms with van der Waals surface area (Å²) < 4.78 is 9.26. The lowest BCUT2D eigenvalue weighted by Crippen LogP contribution is -2.12. The van der Waals surface area contributed by atoms with Gasteiger partial charge >= 0.3 is 0 Å². The second-order valence-corrected chi connectivity index (χ2v) is 14.4. The molecule has 2 heterocycles. The number of para-hydroxylation sites is 4. The van der Waals surface area contributed by atoms with Gasteiger partial charge in [0.1, 0.15) is 5.58 Å². The van der Waals surface area contributed by atoms with Crippen LogP contribution in [0.3, 0.4) is 0 Å². The molecule has 3 heteroatoms. The van der Waals surface area contributed by atoms with E-state index in [1.807, 2.05) is 6.07 Å². The van der Waals surface area contributed by atoms with Crippen LogP contribution in [-0.4, -0.2) is 4.57 Å². The highest BCUT2D eigenvalue weighted by molar-refractivity contribution is 6.19. The highest BCUT2D eigenvalue weighted by atomic mass is 16.3. The van der Waals surface area contributed by atoms with Crippen molar-refractivity contribution >= 4 is 60.8 Å². The minimum atomic E-state index is 0.851. The van der Waals surface area contributed by atoms with Crippen molar-refractivity contribution in [3.63, 3.8) is 0 Å². The molecule has 0 aliphatic heterocycles. The van der Waals surface area contributed by atoms with E-state index in [0.29, 0.717) is 0 Å². The van der Waals surface area contributed by atoms with Crippen molar-refractivity contribution in [1.82, 2.24) is 4.57 Å². The van der Waals surface area contributed by atoms with E-state index in [1.165, 1.54) is 27.6 Å². The van der Waals surface area contributed by atoms with E-state index >= 15 is 0 Å².